The Hall–Kier alpha value is -1.06. The summed E-state index contributed by atoms with van der Waals surface area (Å²) in [6.07, 6.45) is 2.63. The van der Waals surface area contributed by atoms with E-state index in [4.69, 9.17) is 0 Å². The molecule has 0 heterocycles. The number of carbonyl (C=O) groups excluding carboxylic acids is 2. The highest BCUT2D eigenvalue weighted by Gasteiger charge is 2.19. The van der Waals surface area contributed by atoms with E-state index in [1.807, 2.05) is 0 Å². The number of amides is 1. The van der Waals surface area contributed by atoms with E-state index < -0.39 is 0 Å². The van der Waals surface area contributed by atoms with Crippen LogP contribution in [0.3, 0.4) is 0 Å². The molecule has 0 radical (unpaired) electrons. The molecule has 0 saturated carbocycles. The van der Waals surface area contributed by atoms with Crippen LogP contribution in [0.5, 0.6) is 0 Å². The lowest BCUT2D eigenvalue weighted by molar-refractivity contribution is -0.141. The molecule has 0 aliphatic heterocycles. The number of esters is 1. The van der Waals surface area contributed by atoms with Crippen molar-refractivity contribution in [2.75, 3.05) is 20.7 Å². The highest BCUT2D eigenvalue weighted by atomic mass is 16.5. The van der Waals surface area contributed by atoms with Gasteiger partial charge in [0.1, 0.15) is 0 Å². The number of hydrogen-bond acceptors (Lipinski definition) is 3. The van der Waals surface area contributed by atoms with Crippen molar-refractivity contribution in [3.05, 3.63) is 0 Å². The number of hydrogen-bond donors (Lipinski definition) is 0. The predicted molar refractivity (Wildman–Crippen MR) is 76.7 cm³/mol. The minimum atomic E-state index is -0.220. The van der Waals surface area contributed by atoms with E-state index in [1.165, 1.54) is 7.11 Å². The molecule has 4 nitrogen and oxygen atoms in total. The second-order valence-corrected chi connectivity index (χ2v) is 6.57. The summed E-state index contributed by atoms with van der Waals surface area (Å²) in [6.45, 7) is 9.29. The second-order valence-electron chi connectivity index (χ2n) is 6.57. The van der Waals surface area contributed by atoms with Crippen LogP contribution in [0.25, 0.3) is 0 Å². The monoisotopic (exact) mass is 271 g/mol. The van der Waals surface area contributed by atoms with Crippen molar-refractivity contribution >= 4 is 11.9 Å². The standard InChI is InChI=1S/C15H29NO3/c1-12(11-15(2,3)4)10-13(17)16(5)9-7-8-14(18)19-6/h12H,7-11H2,1-6H3. The highest BCUT2D eigenvalue weighted by molar-refractivity contribution is 5.76. The molecule has 0 aromatic rings. The summed E-state index contributed by atoms with van der Waals surface area (Å²) < 4.78 is 4.57. The highest BCUT2D eigenvalue weighted by Crippen LogP contribution is 2.26. The lowest BCUT2D eigenvalue weighted by Crippen LogP contribution is -2.30. The van der Waals surface area contributed by atoms with E-state index in [2.05, 4.69) is 32.4 Å². The zero-order valence-corrected chi connectivity index (χ0v) is 13.3. The van der Waals surface area contributed by atoms with Crippen molar-refractivity contribution in [2.24, 2.45) is 11.3 Å². The van der Waals surface area contributed by atoms with E-state index in [-0.39, 0.29) is 17.3 Å². The lowest BCUT2D eigenvalue weighted by Gasteiger charge is -2.25. The molecule has 0 bridgehead atoms. The van der Waals surface area contributed by atoms with Crippen molar-refractivity contribution in [3.63, 3.8) is 0 Å². The molecule has 0 saturated heterocycles. The van der Waals surface area contributed by atoms with E-state index in [0.717, 1.165) is 6.42 Å². The molecule has 19 heavy (non-hydrogen) atoms. The molecule has 0 aromatic heterocycles. The third-order valence-corrected chi connectivity index (χ3v) is 3.01. The fraction of sp³-hybridized carbons (Fsp3) is 0.867. The number of ether oxygens (including phenoxy) is 1. The number of carbonyl (C=O) groups is 2. The van der Waals surface area contributed by atoms with Gasteiger partial charge in [0, 0.05) is 26.4 Å². The van der Waals surface area contributed by atoms with Gasteiger partial charge in [0.05, 0.1) is 7.11 Å². The minimum absolute atomic E-state index is 0.154. The molecular weight excluding hydrogens is 242 g/mol. The van der Waals surface area contributed by atoms with Crippen molar-refractivity contribution in [1.29, 1.82) is 0 Å². The molecular formula is C15H29NO3. The van der Waals surface area contributed by atoms with E-state index in [9.17, 15) is 9.59 Å². The molecule has 1 atom stereocenters. The molecule has 0 aromatic carbocycles. The van der Waals surface area contributed by atoms with Crippen molar-refractivity contribution in [3.8, 4) is 0 Å². The van der Waals surface area contributed by atoms with Crippen LogP contribution in [0.4, 0.5) is 0 Å². The summed E-state index contributed by atoms with van der Waals surface area (Å²) in [4.78, 5) is 24.7. The van der Waals surface area contributed by atoms with Crippen LogP contribution < -0.4 is 0 Å². The first-order valence-electron chi connectivity index (χ1n) is 6.96. The zero-order valence-electron chi connectivity index (χ0n) is 13.3. The van der Waals surface area contributed by atoms with Crippen LogP contribution in [-0.4, -0.2) is 37.5 Å². The van der Waals surface area contributed by atoms with Gasteiger partial charge in [-0.2, -0.15) is 0 Å². The Morgan fingerprint density at radius 1 is 1.26 bits per heavy atom. The van der Waals surface area contributed by atoms with Crippen LogP contribution in [-0.2, 0) is 14.3 Å². The molecule has 4 heteroatoms. The van der Waals surface area contributed by atoms with Crippen molar-refractivity contribution in [1.82, 2.24) is 4.90 Å². The molecule has 0 aliphatic carbocycles. The average molecular weight is 271 g/mol. The fourth-order valence-corrected chi connectivity index (χ4v) is 2.26. The first kappa shape index (κ1) is 17.9. The van der Waals surface area contributed by atoms with Gasteiger partial charge in [-0.1, -0.05) is 27.7 Å². The number of rotatable bonds is 7. The van der Waals surface area contributed by atoms with Gasteiger partial charge in [0.15, 0.2) is 0 Å². The van der Waals surface area contributed by atoms with Gasteiger partial charge in [-0.05, 0) is 24.2 Å². The summed E-state index contributed by atoms with van der Waals surface area (Å²) in [5.74, 6) is 0.319. The molecule has 112 valence electrons. The summed E-state index contributed by atoms with van der Waals surface area (Å²) in [7, 11) is 3.18. The Balaban J connectivity index is 3.96. The Morgan fingerprint density at radius 3 is 2.32 bits per heavy atom. The van der Waals surface area contributed by atoms with Gasteiger partial charge in [-0.3, -0.25) is 9.59 Å². The molecule has 0 N–H and O–H groups in total. The third-order valence-electron chi connectivity index (χ3n) is 3.01. The first-order valence-corrected chi connectivity index (χ1v) is 6.96. The molecule has 1 amide bonds. The maximum absolute atomic E-state index is 12.0. The Kier molecular flexibility index (Phi) is 7.72. The maximum atomic E-state index is 12.0. The Labute approximate surface area is 117 Å². The summed E-state index contributed by atoms with van der Waals surface area (Å²) in [6, 6.07) is 0. The predicted octanol–water partition coefficient (Wildman–Crippen LogP) is 2.86. The van der Waals surface area contributed by atoms with Gasteiger partial charge in [0.25, 0.3) is 0 Å². The quantitative estimate of drug-likeness (QED) is 0.669. The molecule has 0 fully saturated rings. The molecule has 0 spiro atoms. The van der Waals surface area contributed by atoms with Gasteiger partial charge in [-0.25, -0.2) is 0 Å². The van der Waals surface area contributed by atoms with Crippen LogP contribution in [0, 0.1) is 11.3 Å². The van der Waals surface area contributed by atoms with Crippen LogP contribution in [0.15, 0.2) is 0 Å². The Bertz CT molecular complexity index is 294. The van der Waals surface area contributed by atoms with Crippen LogP contribution in [0.1, 0.15) is 53.4 Å². The van der Waals surface area contributed by atoms with Gasteiger partial charge >= 0.3 is 5.97 Å². The van der Waals surface area contributed by atoms with Crippen molar-refractivity contribution < 1.29 is 14.3 Å². The summed E-state index contributed by atoms with van der Waals surface area (Å²) in [5, 5.41) is 0. The summed E-state index contributed by atoms with van der Waals surface area (Å²) in [5.41, 5.74) is 0.253. The molecule has 0 aliphatic rings. The average Bonchev–Trinajstić information content (AvgIpc) is 2.25. The minimum Gasteiger partial charge on any atom is -0.469 e. The summed E-state index contributed by atoms with van der Waals surface area (Å²) >= 11 is 0. The second kappa shape index (κ2) is 8.18. The smallest absolute Gasteiger partial charge is 0.305 e. The van der Waals surface area contributed by atoms with Gasteiger partial charge in [-0.15, -0.1) is 0 Å². The largest absolute Gasteiger partial charge is 0.469 e. The third kappa shape index (κ3) is 9.51. The van der Waals surface area contributed by atoms with Crippen LogP contribution in [0.2, 0.25) is 0 Å². The van der Waals surface area contributed by atoms with Gasteiger partial charge < -0.3 is 9.64 Å². The number of methoxy groups -OCH3 is 1. The first-order chi connectivity index (χ1) is 8.65. The molecule has 1 unspecified atom stereocenters. The fourth-order valence-electron chi connectivity index (χ4n) is 2.26. The Morgan fingerprint density at radius 2 is 1.84 bits per heavy atom. The lowest BCUT2D eigenvalue weighted by atomic mass is 9.84. The SMILES string of the molecule is COC(=O)CCCN(C)C(=O)CC(C)CC(C)(C)C. The molecule has 0 rings (SSSR count). The normalized spacial score (nSPS) is 12.9. The van der Waals surface area contributed by atoms with Gasteiger partial charge in [0.2, 0.25) is 5.91 Å². The van der Waals surface area contributed by atoms with Crippen molar-refractivity contribution in [2.45, 2.75) is 53.4 Å². The number of nitrogens with zero attached hydrogens (tertiary/aromatic N) is 1. The van der Waals surface area contributed by atoms with E-state index >= 15 is 0 Å². The topological polar surface area (TPSA) is 46.6 Å². The van der Waals surface area contributed by atoms with E-state index in [1.54, 1.807) is 11.9 Å². The maximum Gasteiger partial charge on any atom is 0.305 e. The zero-order chi connectivity index (χ0) is 15.1. The van der Waals surface area contributed by atoms with E-state index in [0.29, 0.717) is 31.7 Å². The van der Waals surface area contributed by atoms with Crippen LogP contribution >= 0.6 is 0 Å².